The van der Waals surface area contributed by atoms with Gasteiger partial charge in [0.15, 0.2) is 0 Å². The molecule has 1 rings (SSSR count). The second kappa shape index (κ2) is 7.84. The van der Waals surface area contributed by atoms with Gasteiger partial charge in [-0.25, -0.2) is 0 Å². The maximum Gasteiger partial charge on any atom is 0.322 e. The molecule has 1 unspecified atom stereocenters. The average Bonchev–Trinajstić information content (AvgIpc) is 2.34. The number of anilines is 1. The van der Waals surface area contributed by atoms with Gasteiger partial charge < -0.3 is 15.4 Å². The summed E-state index contributed by atoms with van der Waals surface area (Å²) in [7, 11) is 0. The lowest BCUT2D eigenvalue weighted by atomic mass is 10.3. The lowest BCUT2D eigenvalue weighted by molar-refractivity contribution is -0.122. The quantitative estimate of drug-likeness (QED) is 0.796. The van der Waals surface area contributed by atoms with Gasteiger partial charge in [-0.1, -0.05) is 6.92 Å². The summed E-state index contributed by atoms with van der Waals surface area (Å²) < 4.78 is 5.30. The van der Waals surface area contributed by atoms with Crippen LogP contribution in [0.25, 0.3) is 0 Å². The van der Waals surface area contributed by atoms with Crippen LogP contribution in [0.5, 0.6) is 6.01 Å². The molecule has 0 aliphatic carbocycles. The van der Waals surface area contributed by atoms with Crippen LogP contribution in [0.4, 0.5) is 5.95 Å². The van der Waals surface area contributed by atoms with Crippen LogP contribution in [0, 0.1) is 0 Å². The first-order valence-electron chi connectivity index (χ1n) is 6.53. The number of hydrogen-bond donors (Lipinski definition) is 2. The molecular formula is C12H20ClN5O2. The Morgan fingerprint density at radius 2 is 2.00 bits per heavy atom. The number of amides is 1. The molecule has 0 saturated heterocycles. The van der Waals surface area contributed by atoms with Gasteiger partial charge in [-0.05, 0) is 38.8 Å². The van der Waals surface area contributed by atoms with Crippen molar-refractivity contribution >= 4 is 23.5 Å². The number of carbonyl (C=O) groups is 1. The van der Waals surface area contributed by atoms with Gasteiger partial charge in [-0.15, -0.1) is 0 Å². The minimum absolute atomic E-state index is 0.0186. The Hall–Kier alpha value is -1.63. The molecule has 1 aromatic heterocycles. The van der Waals surface area contributed by atoms with E-state index >= 15 is 0 Å². The van der Waals surface area contributed by atoms with Crippen LogP contribution in [0.1, 0.15) is 34.1 Å². The van der Waals surface area contributed by atoms with E-state index in [4.69, 9.17) is 16.3 Å². The highest BCUT2D eigenvalue weighted by molar-refractivity contribution is 6.28. The Morgan fingerprint density at radius 3 is 2.60 bits per heavy atom. The topological polar surface area (TPSA) is 89.0 Å². The highest BCUT2D eigenvalue weighted by Crippen LogP contribution is 2.12. The van der Waals surface area contributed by atoms with Crippen LogP contribution in [0.15, 0.2) is 0 Å². The molecular weight excluding hydrogens is 282 g/mol. The fourth-order valence-corrected chi connectivity index (χ4v) is 1.48. The molecule has 0 aliphatic rings. The second-order valence-corrected chi connectivity index (χ2v) is 4.93. The van der Waals surface area contributed by atoms with Crippen molar-refractivity contribution in [1.29, 1.82) is 0 Å². The minimum Gasteiger partial charge on any atom is -0.463 e. The van der Waals surface area contributed by atoms with Crippen molar-refractivity contribution < 1.29 is 9.53 Å². The molecule has 1 aromatic rings. The maximum absolute atomic E-state index is 11.8. The lowest BCUT2D eigenvalue weighted by Crippen LogP contribution is -2.41. The van der Waals surface area contributed by atoms with E-state index in [0.29, 0.717) is 6.61 Å². The van der Waals surface area contributed by atoms with Gasteiger partial charge in [0.25, 0.3) is 0 Å². The van der Waals surface area contributed by atoms with E-state index in [1.54, 1.807) is 6.92 Å². The molecule has 0 aliphatic heterocycles. The van der Waals surface area contributed by atoms with Gasteiger partial charge in [0.1, 0.15) is 6.04 Å². The summed E-state index contributed by atoms with van der Waals surface area (Å²) in [5, 5.41) is 5.67. The van der Waals surface area contributed by atoms with Gasteiger partial charge in [0.05, 0.1) is 6.61 Å². The second-order valence-electron chi connectivity index (χ2n) is 4.59. The summed E-state index contributed by atoms with van der Waals surface area (Å²) in [5.74, 6) is 0.0649. The van der Waals surface area contributed by atoms with Crippen molar-refractivity contribution in [3.63, 3.8) is 0 Å². The molecule has 8 heteroatoms. The molecule has 0 aromatic carbocycles. The fraction of sp³-hybridized carbons (Fsp3) is 0.667. The average molecular weight is 302 g/mol. The van der Waals surface area contributed by atoms with Gasteiger partial charge in [-0.2, -0.15) is 15.0 Å². The summed E-state index contributed by atoms with van der Waals surface area (Å²) in [6, 6.07) is -0.280. The first-order chi connectivity index (χ1) is 9.42. The molecule has 1 heterocycles. The maximum atomic E-state index is 11.8. The molecule has 20 heavy (non-hydrogen) atoms. The van der Waals surface area contributed by atoms with Crippen LogP contribution >= 0.6 is 11.6 Å². The highest BCUT2D eigenvalue weighted by atomic mass is 35.5. The van der Waals surface area contributed by atoms with Gasteiger partial charge in [-0.3, -0.25) is 4.79 Å². The molecule has 2 N–H and O–H groups in total. The van der Waals surface area contributed by atoms with Crippen LogP contribution in [0.2, 0.25) is 5.28 Å². The largest absolute Gasteiger partial charge is 0.463 e. The third-order valence-corrected chi connectivity index (χ3v) is 2.36. The van der Waals surface area contributed by atoms with Crippen molar-refractivity contribution in [1.82, 2.24) is 20.3 Å². The fourth-order valence-electron chi connectivity index (χ4n) is 1.32. The molecule has 0 fully saturated rings. The smallest absolute Gasteiger partial charge is 0.322 e. The van der Waals surface area contributed by atoms with Crippen LogP contribution in [-0.4, -0.2) is 39.5 Å². The Morgan fingerprint density at radius 1 is 1.30 bits per heavy atom. The van der Waals surface area contributed by atoms with Gasteiger partial charge >= 0.3 is 6.01 Å². The molecule has 1 amide bonds. The molecule has 1 atom stereocenters. The molecule has 0 spiro atoms. The van der Waals surface area contributed by atoms with Gasteiger partial charge in [0, 0.05) is 6.04 Å². The SMILES string of the molecule is CCCOc1nc(Cl)nc(NC(C)C(=O)NC(C)C)n1. The Balaban J connectivity index is 2.71. The predicted octanol–water partition coefficient (Wildman–Crippen LogP) is 1.64. The van der Waals surface area contributed by atoms with Crippen molar-refractivity contribution in [2.24, 2.45) is 0 Å². The standard InChI is InChI=1S/C12H20ClN5O2/c1-5-6-20-12-17-10(13)16-11(18-12)15-8(4)9(19)14-7(2)3/h7-8H,5-6H2,1-4H3,(H,14,19)(H,15,16,17,18). The Kier molecular flexibility index (Phi) is 6.44. The third-order valence-electron chi connectivity index (χ3n) is 2.19. The monoisotopic (exact) mass is 301 g/mol. The minimum atomic E-state index is -0.491. The lowest BCUT2D eigenvalue weighted by Gasteiger charge is -2.16. The molecule has 0 saturated carbocycles. The molecule has 0 radical (unpaired) electrons. The predicted molar refractivity (Wildman–Crippen MR) is 77.0 cm³/mol. The number of nitrogens with zero attached hydrogens (tertiary/aromatic N) is 3. The number of halogens is 1. The zero-order valence-electron chi connectivity index (χ0n) is 12.1. The van der Waals surface area contributed by atoms with E-state index in [0.717, 1.165) is 6.42 Å². The number of rotatable bonds is 7. The molecule has 7 nitrogen and oxygen atoms in total. The Labute approximate surface area is 123 Å². The van der Waals surface area contributed by atoms with Crippen molar-refractivity contribution in [2.75, 3.05) is 11.9 Å². The van der Waals surface area contributed by atoms with Crippen molar-refractivity contribution in [2.45, 2.75) is 46.2 Å². The van der Waals surface area contributed by atoms with Crippen molar-refractivity contribution in [3.8, 4) is 6.01 Å². The molecule has 0 bridgehead atoms. The van der Waals surface area contributed by atoms with Crippen LogP contribution in [-0.2, 0) is 4.79 Å². The van der Waals surface area contributed by atoms with E-state index in [-0.39, 0.29) is 29.2 Å². The number of ether oxygens (including phenoxy) is 1. The van der Waals surface area contributed by atoms with E-state index in [9.17, 15) is 4.79 Å². The zero-order valence-corrected chi connectivity index (χ0v) is 12.9. The van der Waals surface area contributed by atoms with Crippen molar-refractivity contribution in [3.05, 3.63) is 5.28 Å². The van der Waals surface area contributed by atoms with Crippen LogP contribution in [0.3, 0.4) is 0 Å². The number of aromatic nitrogens is 3. The van der Waals surface area contributed by atoms with E-state index in [1.165, 1.54) is 0 Å². The summed E-state index contributed by atoms with van der Waals surface area (Å²) in [6.07, 6.45) is 0.833. The number of hydrogen-bond acceptors (Lipinski definition) is 6. The van der Waals surface area contributed by atoms with E-state index in [1.807, 2.05) is 20.8 Å². The summed E-state index contributed by atoms with van der Waals surface area (Å²) in [5.41, 5.74) is 0. The highest BCUT2D eigenvalue weighted by Gasteiger charge is 2.16. The first kappa shape index (κ1) is 16.4. The summed E-state index contributed by atoms with van der Waals surface area (Å²) >= 11 is 5.79. The number of nitrogens with one attached hydrogen (secondary N) is 2. The normalized spacial score (nSPS) is 12.1. The molecule has 112 valence electrons. The summed E-state index contributed by atoms with van der Waals surface area (Å²) in [6.45, 7) is 7.95. The third kappa shape index (κ3) is 5.56. The Bertz CT molecular complexity index is 455. The van der Waals surface area contributed by atoms with Gasteiger partial charge in [0.2, 0.25) is 17.1 Å². The zero-order chi connectivity index (χ0) is 15.1. The number of carbonyl (C=O) groups excluding carboxylic acids is 1. The van der Waals surface area contributed by atoms with Crippen LogP contribution < -0.4 is 15.4 Å². The summed E-state index contributed by atoms with van der Waals surface area (Å²) in [4.78, 5) is 23.6. The van der Waals surface area contributed by atoms with E-state index < -0.39 is 6.04 Å². The first-order valence-corrected chi connectivity index (χ1v) is 6.91. The van der Waals surface area contributed by atoms with E-state index in [2.05, 4.69) is 25.6 Å².